The Morgan fingerprint density at radius 1 is 1.08 bits per heavy atom. The monoisotopic (exact) mass is 353 g/mol. The van der Waals surface area contributed by atoms with Crippen molar-refractivity contribution in [2.45, 2.75) is 24.8 Å². The molecule has 0 aromatic heterocycles. The molecule has 1 aromatic rings. The lowest BCUT2D eigenvalue weighted by atomic mass is 10.0. The highest BCUT2D eigenvalue weighted by Crippen LogP contribution is 2.36. The zero-order valence-electron chi connectivity index (χ0n) is 12.6. The zero-order valence-corrected chi connectivity index (χ0v) is 12.6. The predicted molar refractivity (Wildman–Crippen MR) is 74.7 cm³/mol. The van der Waals surface area contributed by atoms with Crippen LogP contribution in [0.4, 0.5) is 26.3 Å². The van der Waals surface area contributed by atoms with Gasteiger partial charge >= 0.3 is 18.3 Å². The largest absolute Gasteiger partial charge is 0.467 e. The third-order valence-electron chi connectivity index (χ3n) is 3.09. The van der Waals surface area contributed by atoms with Crippen LogP contribution in [0.25, 0.3) is 0 Å². The van der Waals surface area contributed by atoms with Crippen LogP contribution >= 0.6 is 0 Å². The van der Waals surface area contributed by atoms with Crippen molar-refractivity contribution in [1.29, 1.82) is 0 Å². The number of rotatable bonds is 4. The second kappa shape index (κ2) is 6.66. The fourth-order valence-electron chi connectivity index (χ4n) is 1.66. The summed E-state index contributed by atoms with van der Waals surface area (Å²) in [6.45, 7) is 4.60. The van der Waals surface area contributed by atoms with Gasteiger partial charge in [-0.25, -0.2) is 4.79 Å². The minimum absolute atomic E-state index is 0.00431. The molecule has 0 saturated carbocycles. The van der Waals surface area contributed by atoms with Crippen LogP contribution in [0.3, 0.4) is 0 Å². The fourth-order valence-corrected chi connectivity index (χ4v) is 1.66. The van der Waals surface area contributed by atoms with E-state index in [1.54, 1.807) is 0 Å². The van der Waals surface area contributed by atoms with E-state index in [0.29, 0.717) is 12.1 Å². The molecule has 0 amide bonds. The van der Waals surface area contributed by atoms with Crippen LogP contribution in [-0.4, -0.2) is 24.8 Å². The molecule has 0 aliphatic rings. The Labute approximate surface area is 133 Å². The Morgan fingerprint density at radius 3 is 1.88 bits per heavy atom. The smallest absolute Gasteiger partial charge is 0.416 e. The van der Waals surface area contributed by atoms with Crippen molar-refractivity contribution in [2.75, 3.05) is 7.11 Å². The topological polar surface area (TPSA) is 38.7 Å². The molecule has 0 bridgehead atoms. The number of aliphatic imine (C=N–C) groups is 1. The first kappa shape index (κ1) is 19.7. The van der Waals surface area contributed by atoms with E-state index in [4.69, 9.17) is 0 Å². The Hall–Kier alpha value is -2.32. The molecule has 0 heterocycles. The van der Waals surface area contributed by atoms with E-state index < -0.39 is 40.6 Å². The first-order valence-corrected chi connectivity index (χ1v) is 6.40. The number of esters is 1. The van der Waals surface area contributed by atoms with Crippen LogP contribution in [-0.2, 0) is 21.9 Å². The van der Waals surface area contributed by atoms with E-state index in [-0.39, 0.29) is 6.07 Å². The summed E-state index contributed by atoms with van der Waals surface area (Å²) in [6.07, 6.45) is -8.13. The molecule has 0 spiro atoms. The van der Waals surface area contributed by atoms with E-state index in [9.17, 15) is 31.1 Å². The summed E-state index contributed by atoms with van der Waals surface area (Å²) in [4.78, 5) is 15.3. The Balaban J connectivity index is 3.41. The highest BCUT2D eigenvalue weighted by Gasteiger charge is 2.37. The molecule has 132 valence electrons. The van der Waals surface area contributed by atoms with Gasteiger partial charge in [-0.15, -0.1) is 6.58 Å². The maximum Gasteiger partial charge on any atom is 0.416 e. The highest BCUT2D eigenvalue weighted by molar-refractivity contribution is 5.88. The van der Waals surface area contributed by atoms with Crippen LogP contribution < -0.4 is 0 Å². The molecular formula is C15H13F6NO2. The average molecular weight is 353 g/mol. The van der Waals surface area contributed by atoms with Crippen LogP contribution in [0.1, 0.15) is 23.6 Å². The quantitative estimate of drug-likeness (QED) is 0.351. The normalized spacial score (nSPS) is 15.2. The SMILES string of the molecule is C=CC(C)(/N=C/c1cc(C(F)(F)F)cc(C(F)(F)F)c1)C(=O)OC. The molecule has 1 aromatic carbocycles. The lowest BCUT2D eigenvalue weighted by Crippen LogP contribution is -2.32. The van der Waals surface area contributed by atoms with Crippen molar-refractivity contribution in [3.05, 3.63) is 47.5 Å². The van der Waals surface area contributed by atoms with Crippen LogP contribution in [0.2, 0.25) is 0 Å². The van der Waals surface area contributed by atoms with E-state index >= 15 is 0 Å². The van der Waals surface area contributed by atoms with Gasteiger partial charge in [-0.1, -0.05) is 6.08 Å². The van der Waals surface area contributed by atoms with Crippen molar-refractivity contribution in [2.24, 2.45) is 4.99 Å². The maximum absolute atomic E-state index is 12.8. The Morgan fingerprint density at radius 2 is 1.54 bits per heavy atom. The molecule has 0 N–H and O–H groups in total. The Kier molecular flexibility index (Phi) is 5.47. The van der Waals surface area contributed by atoms with E-state index in [2.05, 4.69) is 16.3 Å². The third kappa shape index (κ3) is 4.59. The number of nitrogens with zero attached hydrogens (tertiary/aromatic N) is 1. The summed E-state index contributed by atoms with van der Waals surface area (Å²) in [5, 5.41) is 0. The van der Waals surface area contributed by atoms with Crippen LogP contribution in [0.5, 0.6) is 0 Å². The van der Waals surface area contributed by atoms with E-state index in [0.717, 1.165) is 19.4 Å². The van der Waals surface area contributed by atoms with Gasteiger partial charge in [-0.3, -0.25) is 4.99 Å². The predicted octanol–water partition coefficient (Wildman–Crippen LogP) is 4.26. The average Bonchev–Trinajstić information content (AvgIpc) is 2.49. The van der Waals surface area contributed by atoms with Gasteiger partial charge in [0.15, 0.2) is 5.54 Å². The van der Waals surface area contributed by atoms with Crippen molar-refractivity contribution >= 4 is 12.2 Å². The summed E-state index contributed by atoms with van der Waals surface area (Å²) in [6, 6.07) is 1.00. The van der Waals surface area contributed by atoms with Gasteiger partial charge in [0, 0.05) is 6.21 Å². The first-order valence-electron chi connectivity index (χ1n) is 6.40. The number of hydrogen-bond donors (Lipinski definition) is 0. The summed E-state index contributed by atoms with van der Waals surface area (Å²) in [5.41, 5.74) is -5.05. The van der Waals surface area contributed by atoms with Crippen molar-refractivity contribution in [1.82, 2.24) is 0 Å². The zero-order chi connectivity index (χ0) is 18.8. The second-order valence-electron chi connectivity index (χ2n) is 4.94. The van der Waals surface area contributed by atoms with Gasteiger partial charge in [-0.05, 0) is 30.7 Å². The number of carbonyl (C=O) groups excluding carboxylic acids is 1. The first-order chi connectivity index (χ1) is 10.8. The van der Waals surface area contributed by atoms with Crippen molar-refractivity contribution < 1.29 is 35.9 Å². The molecule has 0 saturated heterocycles. The number of carbonyl (C=O) groups is 1. The van der Waals surface area contributed by atoms with Gasteiger partial charge in [0.2, 0.25) is 0 Å². The molecule has 1 unspecified atom stereocenters. The number of hydrogen-bond acceptors (Lipinski definition) is 3. The number of ether oxygens (including phenoxy) is 1. The van der Waals surface area contributed by atoms with Gasteiger partial charge in [0.1, 0.15) is 0 Å². The molecule has 9 heteroatoms. The van der Waals surface area contributed by atoms with Crippen molar-refractivity contribution in [3.63, 3.8) is 0 Å². The lowest BCUT2D eigenvalue weighted by molar-refractivity contribution is -0.145. The summed E-state index contributed by atoms with van der Waals surface area (Å²) >= 11 is 0. The van der Waals surface area contributed by atoms with E-state index in [1.807, 2.05) is 0 Å². The molecular weight excluding hydrogens is 340 g/mol. The lowest BCUT2D eigenvalue weighted by Gasteiger charge is -2.17. The summed E-state index contributed by atoms with van der Waals surface area (Å²) in [5.74, 6) is -0.864. The summed E-state index contributed by atoms with van der Waals surface area (Å²) < 4.78 is 81.0. The number of methoxy groups -OCH3 is 1. The number of halogens is 6. The van der Waals surface area contributed by atoms with Crippen LogP contribution in [0, 0.1) is 0 Å². The van der Waals surface area contributed by atoms with Gasteiger partial charge in [-0.2, -0.15) is 26.3 Å². The fraction of sp³-hybridized carbons (Fsp3) is 0.333. The summed E-state index contributed by atoms with van der Waals surface area (Å²) in [7, 11) is 1.06. The van der Waals surface area contributed by atoms with Crippen LogP contribution in [0.15, 0.2) is 35.8 Å². The number of benzene rings is 1. The second-order valence-corrected chi connectivity index (χ2v) is 4.94. The minimum Gasteiger partial charge on any atom is -0.467 e. The van der Waals surface area contributed by atoms with Gasteiger partial charge < -0.3 is 4.74 Å². The molecule has 0 aliphatic heterocycles. The third-order valence-corrected chi connectivity index (χ3v) is 3.09. The number of alkyl halides is 6. The minimum atomic E-state index is -4.96. The molecule has 0 radical (unpaired) electrons. The van der Waals surface area contributed by atoms with E-state index in [1.165, 1.54) is 6.92 Å². The molecule has 3 nitrogen and oxygen atoms in total. The molecule has 24 heavy (non-hydrogen) atoms. The molecule has 1 atom stereocenters. The Bertz CT molecular complexity index is 631. The van der Waals surface area contributed by atoms with Gasteiger partial charge in [0.05, 0.1) is 18.2 Å². The maximum atomic E-state index is 12.8. The highest BCUT2D eigenvalue weighted by atomic mass is 19.4. The molecule has 1 rings (SSSR count). The van der Waals surface area contributed by atoms with Crippen molar-refractivity contribution in [3.8, 4) is 0 Å². The van der Waals surface area contributed by atoms with Gasteiger partial charge in [0.25, 0.3) is 0 Å². The molecule has 0 aliphatic carbocycles. The molecule has 0 fully saturated rings. The standard InChI is InChI=1S/C15H13F6NO2/c1-4-13(2,12(23)24-3)22-8-9-5-10(14(16,17)18)7-11(6-9)15(19,20)21/h4-8H,1H2,2-3H3/b22-8+.